The minimum Gasteiger partial charge on any atom is -0.492 e. The van der Waals surface area contributed by atoms with Gasteiger partial charge in [0.25, 0.3) is 0 Å². The van der Waals surface area contributed by atoms with Gasteiger partial charge >= 0.3 is 0 Å². The molecule has 23 heavy (non-hydrogen) atoms. The third-order valence-corrected chi connectivity index (χ3v) is 5.69. The van der Waals surface area contributed by atoms with E-state index in [0.29, 0.717) is 11.0 Å². The highest BCUT2D eigenvalue weighted by molar-refractivity contribution is 7.17. The lowest BCUT2D eigenvalue weighted by molar-refractivity contribution is 0.112. The quantitative estimate of drug-likeness (QED) is 0.796. The summed E-state index contributed by atoms with van der Waals surface area (Å²) in [6, 6.07) is 4.34. The van der Waals surface area contributed by atoms with Gasteiger partial charge in [0.15, 0.2) is 0 Å². The van der Waals surface area contributed by atoms with Crippen LogP contribution in [-0.2, 0) is 0 Å². The van der Waals surface area contributed by atoms with Gasteiger partial charge in [-0.3, -0.25) is 4.90 Å². The van der Waals surface area contributed by atoms with Gasteiger partial charge in [-0.2, -0.15) is 9.61 Å². The molecule has 0 bridgehead atoms. The second-order valence-corrected chi connectivity index (χ2v) is 7.19. The fourth-order valence-electron chi connectivity index (χ4n) is 3.42. The SMILES string of the molecule is Cc1ccc(C(c2sc3ncnn3c2O)N2CCCCC2C)o1. The Bertz CT molecular complexity index is 821. The molecule has 0 aliphatic carbocycles. The number of hydrogen-bond donors (Lipinski definition) is 1. The summed E-state index contributed by atoms with van der Waals surface area (Å²) >= 11 is 1.48. The lowest BCUT2D eigenvalue weighted by Gasteiger charge is -2.38. The number of furan rings is 1. The highest BCUT2D eigenvalue weighted by Crippen LogP contribution is 2.42. The molecule has 3 aromatic heterocycles. The van der Waals surface area contributed by atoms with Gasteiger partial charge in [-0.15, -0.1) is 0 Å². The first-order chi connectivity index (χ1) is 11.1. The van der Waals surface area contributed by atoms with Crippen LogP contribution in [0.3, 0.4) is 0 Å². The first-order valence-corrected chi connectivity index (χ1v) is 8.80. The summed E-state index contributed by atoms with van der Waals surface area (Å²) in [7, 11) is 0. The van der Waals surface area contributed by atoms with Crippen molar-refractivity contribution in [2.45, 2.75) is 45.2 Å². The molecule has 7 heteroatoms. The normalized spacial score (nSPS) is 21.0. The second-order valence-electron chi connectivity index (χ2n) is 6.18. The minimum atomic E-state index is -0.0903. The lowest BCUT2D eigenvalue weighted by Crippen LogP contribution is -2.40. The number of piperidine rings is 1. The topological polar surface area (TPSA) is 66.8 Å². The van der Waals surface area contributed by atoms with E-state index in [-0.39, 0.29) is 11.9 Å². The van der Waals surface area contributed by atoms with Gasteiger partial charge in [-0.05, 0) is 45.4 Å². The molecule has 3 aromatic rings. The van der Waals surface area contributed by atoms with Crippen molar-refractivity contribution in [3.8, 4) is 5.88 Å². The molecule has 0 spiro atoms. The van der Waals surface area contributed by atoms with Gasteiger partial charge < -0.3 is 9.52 Å². The van der Waals surface area contributed by atoms with Gasteiger partial charge in [-0.1, -0.05) is 17.8 Å². The summed E-state index contributed by atoms with van der Waals surface area (Å²) in [6.45, 7) is 5.19. The maximum absolute atomic E-state index is 10.6. The van der Waals surface area contributed by atoms with E-state index in [0.717, 1.165) is 29.4 Å². The molecule has 1 fully saturated rings. The van der Waals surface area contributed by atoms with Crippen molar-refractivity contribution >= 4 is 16.3 Å². The van der Waals surface area contributed by atoms with E-state index in [1.54, 1.807) is 0 Å². The smallest absolute Gasteiger partial charge is 0.230 e. The Kier molecular flexibility index (Phi) is 3.61. The van der Waals surface area contributed by atoms with E-state index in [9.17, 15) is 5.11 Å². The molecule has 2 atom stereocenters. The zero-order valence-corrected chi connectivity index (χ0v) is 14.1. The predicted molar refractivity (Wildman–Crippen MR) is 87.8 cm³/mol. The van der Waals surface area contributed by atoms with Crippen molar-refractivity contribution in [2.75, 3.05) is 6.54 Å². The van der Waals surface area contributed by atoms with Crippen molar-refractivity contribution in [3.63, 3.8) is 0 Å². The maximum Gasteiger partial charge on any atom is 0.230 e. The van der Waals surface area contributed by atoms with Gasteiger partial charge in [-0.25, -0.2) is 4.98 Å². The molecule has 4 rings (SSSR count). The molecule has 122 valence electrons. The average Bonchev–Trinajstić information content (AvgIpc) is 3.22. The van der Waals surface area contributed by atoms with Gasteiger partial charge in [0.2, 0.25) is 10.8 Å². The van der Waals surface area contributed by atoms with Crippen LogP contribution in [0.15, 0.2) is 22.9 Å². The van der Waals surface area contributed by atoms with E-state index in [2.05, 4.69) is 21.9 Å². The highest BCUT2D eigenvalue weighted by atomic mass is 32.1. The zero-order chi connectivity index (χ0) is 16.0. The maximum atomic E-state index is 10.6. The number of aromatic nitrogens is 3. The van der Waals surface area contributed by atoms with E-state index in [1.165, 1.54) is 35.0 Å². The van der Waals surface area contributed by atoms with Crippen LogP contribution in [0, 0.1) is 6.92 Å². The van der Waals surface area contributed by atoms with E-state index in [4.69, 9.17) is 4.42 Å². The number of rotatable bonds is 3. The summed E-state index contributed by atoms with van der Waals surface area (Å²) in [5, 5.41) is 14.7. The molecule has 0 amide bonds. The van der Waals surface area contributed by atoms with E-state index < -0.39 is 0 Å². The molecule has 4 heterocycles. The summed E-state index contributed by atoms with van der Waals surface area (Å²) in [5.41, 5.74) is 0. The fourth-order valence-corrected chi connectivity index (χ4v) is 4.48. The molecule has 1 saturated heterocycles. The largest absolute Gasteiger partial charge is 0.492 e. The molecule has 1 aliphatic rings. The molecule has 0 radical (unpaired) electrons. The molecular weight excluding hydrogens is 312 g/mol. The highest BCUT2D eigenvalue weighted by Gasteiger charge is 2.34. The van der Waals surface area contributed by atoms with Gasteiger partial charge in [0, 0.05) is 6.04 Å². The zero-order valence-electron chi connectivity index (χ0n) is 13.3. The standard InChI is InChI=1S/C16H20N4O2S/c1-10-5-3-4-8-19(10)13(12-7-6-11(2)22-12)14-15(21)20-16(23-14)17-9-18-20/h6-7,9-10,13,21H,3-5,8H2,1-2H3. The third kappa shape index (κ3) is 2.44. The van der Waals surface area contributed by atoms with Crippen molar-refractivity contribution < 1.29 is 9.52 Å². The Morgan fingerprint density at radius 3 is 2.96 bits per heavy atom. The Morgan fingerprint density at radius 1 is 1.39 bits per heavy atom. The van der Waals surface area contributed by atoms with Crippen LogP contribution < -0.4 is 0 Å². The molecular formula is C16H20N4O2S. The van der Waals surface area contributed by atoms with Crippen LogP contribution in [0.5, 0.6) is 5.88 Å². The first-order valence-electron chi connectivity index (χ1n) is 7.98. The Balaban J connectivity index is 1.84. The van der Waals surface area contributed by atoms with Crippen LogP contribution in [0.25, 0.3) is 4.96 Å². The number of likely N-dealkylation sites (tertiary alicyclic amines) is 1. The molecule has 0 saturated carbocycles. The van der Waals surface area contributed by atoms with Crippen LogP contribution in [0.2, 0.25) is 0 Å². The lowest BCUT2D eigenvalue weighted by atomic mass is 9.99. The first kappa shape index (κ1) is 14.7. The van der Waals surface area contributed by atoms with Crippen molar-refractivity contribution in [2.24, 2.45) is 0 Å². The van der Waals surface area contributed by atoms with Crippen molar-refractivity contribution in [1.29, 1.82) is 0 Å². The van der Waals surface area contributed by atoms with Gasteiger partial charge in [0.05, 0.1) is 4.88 Å². The van der Waals surface area contributed by atoms with E-state index >= 15 is 0 Å². The van der Waals surface area contributed by atoms with Crippen LogP contribution in [0.4, 0.5) is 0 Å². The number of hydrogen-bond acceptors (Lipinski definition) is 6. The summed E-state index contributed by atoms with van der Waals surface area (Å²) in [5.74, 6) is 1.92. The summed E-state index contributed by atoms with van der Waals surface area (Å²) in [6.07, 6.45) is 5.05. The van der Waals surface area contributed by atoms with Crippen molar-refractivity contribution in [3.05, 3.63) is 34.9 Å². The minimum absolute atomic E-state index is 0.0903. The molecule has 1 N–H and O–H groups in total. The number of aromatic hydroxyl groups is 1. The molecule has 2 unspecified atom stereocenters. The fraction of sp³-hybridized carbons (Fsp3) is 0.500. The molecule has 6 nitrogen and oxygen atoms in total. The van der Waals surface area contributed by atoms with Crippen molar-refractivity contribution in [1.82, 2.24) is 19.5 Å². The van der Waals surface area contributed by atoms with Crippen LogP contribution in [0.1, 0.15) is 48.6 Å². The molecule has 0 aromatic carbocycles. The van der Waals surface area contributed by atoms with E-state index in [1.807, 2.05) is 19.1 Å². The predicted octanol–water partition coefficient (Wildman–Crippen LogP) is 3.36. The number of thiazole rings is 1. The molecule has 1 aliphatic heterocycles. The summed E-state index contributed by atoms with van der Waals surface area (Å²) < 4.78 is 7.43. The number of fused-ring (bicyclic) bond motifs is 1. The average molecular weight is 332 g/mol. The third-order valence-electron chi connectivity index (χ3n) is 4.60. The van der Waals surface area contributed by atoms with Crippen LogP contribution >= 0.6 is 11.3 Å². The Hall–Kier alpha value is -1.86. The number of aryl methyl sites for hydroxylation is 1. The monoisotopic (exact) mass is 332 g/mol. The Labute approximate surface area is 138 Å². The summed E-state index contributed by atoms with van der Waals surface area (Å²) in [4.78, 5) is 8.19. The Morgan fingerprint density at radius 2 is 2.26 bits per heavy atom. The number of nitrogens with zero attached hydrogens (tertiary/aromatic N) is 4. The van der Waals surface area contributed by atoms with Crippen LogP contribution in [-0.4, -0.2) is 37.2 Å². The second kappa shape index (κ2) is 5.65. The van der Waals surface area contributed by atoms with Gasteiger partial charge in [0.1, 0.15) is 23.9 Å².